The van der Waals surface area contributed by atoms with Crippen molar-refractivity contribution in [3.63, 3.8) is 0 Å². The molecule has 3 N–H and O–H groups in total. The van der Waals surface area contributed by atoms with Crippen molar-refractivity contribution in [3.05, 3.63) is 35.4 Å². The van der Waals surface area contributed by atoms with Gasteiger partial charge in [0.05, 0.1) is 11.6 Å². The quantitative estimate of drug-likeness (QED) is 0.665. The topological polar surface area (TPSA) is 87.3 Å². The van der Waals surface area contributed by atoms with E-state index >= 15 is 0 Å². The highest BCUT2D eigenvalue weighted by Crippen LogP contribution is 2.36. The summed E-state index contributed by atoms with van der Waals surface area (Å²) in [4.78, 5) is 36.2. The summed E-state index contributed by atoms with van der Waals surface area (Å²) in [5.41, 5.74) is -1.30. The van der Waals surface area contributed by atoms with E-state index in [0.29, 0.717) is 31.2 Å². The molecule has 4 amide bonds. The summed E-state index contributed by atoms with van der Waals surface area (Å²) in [7, 11) is 0. The molecule has 158 valence electrons. The zero-order valence-electron chi connectivity index (χ0n) is 16.2. The number of carbonyl (C=O) groups is 3. The summed E-state index contributed by atoms with van der Waals surface area (Å²) in [6.45, 7) is 3.67. The van der Waals surface area contributed by atoms with E-state index in [9.17, 15) is 27.6 Å². The number of halogens is 3. The molecule has 0 radical (unpaired) electrons. The van der Waals surface area contributed by atoms with Crippen molar-refractivity contribution in [1.82, 2.24) is 16.0 Å². The lowest BCUT2D eigenvalue weighted by atomic mass is 9.76. The molecular formula is C20H24F3N3O3. The van der Waals surface area contributed by atoms with Crippen LogP contribution in [0.1, 0.15) is 56.7 Å². The van der Waals surface area contributed by atoms with Crippen molar-refractivity contribution >= 4 is 17.8 Å². The summed E-state index contributed by atoms with van der Waals surface area (Å²) >= 11 is 0. The third-order valence-corrected chi connectivity index (χ3v) is 5.76. The van der Waals surface area contributed by atoms with Crippen LogP contribution in [0.4, 0.5) is 18.0 Å². The fraction of sp³-hybridized carbons (Fsp3) is 0.550. The Morgan fingerprint density at radius 3 is 2.38 bits per heavy atom. The van der Waals surface area contributed by atoms with Gasteiger partial charge in [0.25, 0.3) is 5.91 Å². The molecule has 0 bridgehead atoms. The number of nitrogens with one attached hydrogen (secondary N) is 3. The number of carbonyl (C=O) groups excluding carboxylic acids is 3. The lowest BCUT2D eigenvalue weighted by Crippen LogP contribution is -2.51. The highest BCUT2D eigenvalue weighted by molar-refractivity contribution is 6.07. The second-order valence-electron chi connectivity index (χ2n) is 8.12. The molecule has 1 saturated heterocycles. The first-order valence-corrected chi connectivity index (χ1v) is 9.63. The minimum absolute atomic E-state index is 0.114. The third-order valence-electron chi connectivity index (χ3n) is 5.76. The van der Waals surface area contributed by atoms with Gasteiger partial charge in [0.2, 0.25) is 5.91 Å². The van der Waals surface area contributed by atoms with Crippen LogP contribution in [0.25, 0.3) is 0 Å². The molecule has 1 saturated carbocycles. The fourth-order valence-electron chi connectivity index (χ4n) is 4.07. The Morgan fingerprint density at radius 1 is 1.21 bits per heavy atom. The normalized spacial score (nSPS) is 25.7. The molecule has 1 unspecified atom stereocenters. The first kappa shape index (κ1) is 21.1. The van der Waals surface area contributed by atoms with Crippen LogP contribution in [-0.4, -0.2) is 23.4 Å². The Morgan fingerprint density at radius 2 is 1.86 bits per heavy atom. The monoisotopic (exact) mass is 411 g/mol. The maximum absolute atomic E-state index is 13.0. The first-order chi connectivity index (χ1) is 13.5. The standard InChI is InChI=1S/C20H24F3N3O3/c1-11(2)15(13-4-3-5-14(10-13)20(21,22)23)24-16(27)12-6-8-19(9-7-12)17(28)25-18(29)26-19/h3-5,10-12,15H,6-9H2,1-2H3,(H,24,27)(H2,25,26,28,29). The summed E-state index contributed by atoms with van der Waals surface area (Å²) in [6, 6.07) is 3.90. The smallest absolute Gasteiger partial charge is 0.349 e. The van der Waals surface area contributed by atoms with E-state index in [1.165, 1.54) is 6.07 Å². The van der Waals surface area contributed by atoms with E-state index in [2.05, 4.69) is 16.0 Å². The van der Waals surface area contributed by atoms with Crippen LogP contribution in [0, 0.1) is 11.8 Å². The average molecular weight is 411 g/mol. The number of urea groups is 1. The van der Waals surface area contributed by atoms with E-state index in [1.807, 2.05) is 13.8 Å². The summed E-state index contributed by atoms with van der Waals surface area (Å²) in [6.07, 6.45) is -2.94. The van der Waals surface area contributed by atoms with Crippen molar-refractivity contribution < 1.29 is 27.6 Å². The van der Waals surface area contributed by atoms with Crippen molar-refractivity contribution in [2.45, 2.75) is 57.3 Å². The molecule has 29 heavy (non-hydrogen) atoms. The van der Waals surface area contributed by atoms with Crippen LogP contribution in [0.2, 0.25) is 0 Å². The number of alkyl halides is 3. The predicted octanol–water partition coefficient (Wildman–Crippen LogP) is 3.29. The van der Waals surface area contributed by atoms with Crippen LogP contribution in [0.5, 0.6) is 0 Å². The fourth-order valence-corrected chi connectivity index (χ4v) is 4.07. The molecule has 1 aromatic rings. The number of rotatable bonds is 4. The molecule has 1 aliphatic carbocycles. The summed E-state index contributed by atoms with van der Waals surface area (Å²) in [5.74, 6) is -1.10. The van der Waals surface area contributed by atoms with E-state index in [1.54, 1.807) is 6.07 Å². The molecule has 0 aromatic heterocycles. The van der Waals surface area contributed by atoms with E-state index < -0.39 is 29.4 Å². The number of hydrogen-bond donors (Lipinski definition) is 3. The number of amides is 4. The van der Waals surface area contributed by atoms with Crippen molar-refractivity contribution in [2.24, 2.45) is 11.8 Å². The maximum atomic E-state index is 13.0. The second-order valence-corrected chi connectivity index (χ2v) is 8.12. The van der Waals surface area contributed by atoms with Crippen LogP contribution in [0.15, 0.2) is 24.3 Å². The molecule has 2 fully saturated rings. The van der Waals surface area contributed by atoms with Gasteiger partial charge in [-0.05, 0) is 49.3 Å². The molecular weight excluding hydrogens is 387 g/mol. The van der Waals surface area contributed by atoms with Crippen LogP contribution in [-0.2, 0) is 15.8 Å². The predicted molar refractivity (Wildman–Crippen MR) is 98.5 cm³/mol. The molecule has 2 aliphatic rings. The van der Waals surface area contributed by atoms with Crippen LogP contribution in [0.3, 0.4) is 0 Å². The lowest BCUT2D eigenvalue weighted by Gasteiger charge is -2.35. The highest BCUT2D eigenvalue weighted by Gasteiger charge is 2.49. The second kappa shape index (κ2) is 7.68. The molecule has 1 spiro atoms. The molecule has 1 aromatic carbocycles. The Hall–Kier alpha value is -2.58. The van der Waals surface area contributed by atoms with E-state index in [-0.39, 0.29) is 23.7 Å². The van der Waals surface area contributed by atoms with Crippen molar-refractivity contribution in [3.8, 4) is 0 Å². The Kier molecular flexibility index (Phi) is 5.60. The van der Waals surface area contributed by atoms with Gasteiger partial charge < -0.3 is 10.6 Å². The summed E-state index contributed by atoms with van der Waals surface area (Å²) < 4.78 is 39.1. The van der Waals surface area contributed by atoms with Gasteiger partial charge in [-0.1, -0.05) is 26.0 Å². The van der Waals surface area contributed by atoms with Gasteiger partial charge in [0.1, 0.15) is 5.54 Å². The molecule has 1 aliphatic heterocycles. The SMILES string of the molecule is CC(C)C(NC(=O)C1CCC2(CC1)NC(=O)NC2=O)c1cccc(C(F)(F)F)c1. The molecule has 1 atom stereocenters. The highest BCUT2D eigenvalue weighted by atomic mass is 19.4. The molecule has 1 heterocycles. The lowest BCUT2D eigenvalue weighted by molar-refractivity contribution is -0.137. The molecule has 6 nitrogen and oxygen atoms in total. The van der Waals surface area contributed by atoms with Crippen LogP contribution < -0.4 is 16.0 Å². The average Bonchev–Trinajstić information content (AvgIpc) is 2.92. The van der Waals surface area contributed by atoms with E-state index in [0.717, 1.165) is 12.1 Å². The van der Waals surface area contributed by atoms with Gasteiger partial charge in [-0.2, -0.15) is 13.2 Å². The number of hydrogen-bond acceptors (Lipinski definition) is 3. The molecule has 3 rings (SSSR count). The minimum Gasteiger partial charge on any atom is -0.349 e. The number of benzene rings is 1. The zero-order chi connectivity index (χ0) is 21.4. The zero-order valence-corrected chi connectivity index (χ0v) is 16.2. The molecule has 9 heteroatoms. The van der Waals surface area contributed by atoms with Crippen LogP contribution >= 0.6 is 0 Å². The first-order valence-electron chi connectivity index (χ1n) is 9.63. The van der Waals surface area contributed by atoms with Gasteiger partial charge >= 0.3 is 12.2 Å². The van der Waals surface area contributed by atoms with Gasteiger partial charge in [-0.25, -0.2) is 4.79 Å². The maximum Gasteiger partial charge on any atom is 0.416 e. The Labute approximate surface area is 166 Å². The van der Waals surface area contributed by atoms with Crippen molar-refractivity contribution in [2.75, 3.05) is 0 Å². The van der Waals surface area contributed by atoms with Gasteiger partial charge in [0, 0.05) is 5.92 Å². The van der Waals surface area contributed by atoms with Crippen molar-refractivity contribution in [1.29, 1.82) is 0 Å². The van der Waals surface area contributed by atoms with E-state index in [4.69, 9.17) is 0 Å². The Balaban J connectivity index is 1.68. The van der Waals surface area contributed by atoms with Gasteiger partial charge in [0.15, 0.2) is 0 Å². The van der Waals surface area contributed by atoms with Gasteiger partial charge in [-0.15, -0.1) is 0 Å². The Bertz CT molecular complexity index is 815. The summed E-state index contributed by atoms with van der Waals surface area (Å²) in [5, 5.41) is 7.76. The minimum atomic E-state index is -4.45. The largest absolute Gasteiger partial charge is 0.416 e. The third kappa shape index (κ3) is 4.38. The number of imide groups is 1. The van der Waals surface area contributed by atoms with Gasteiger partial charge in [-0.3, -0.25) is 14.9 Å².